The third-order valence-corrected chi connectivity index (χ3v) is 5.62. The molecule has 0 aromatic heterocycles. The first-order chi connectivity index (χ1) is 10.9. The maximum atomic E-state index is 12.5. The predicted octanol–water partition coefficient (Wildman–Crippen LogP) is 2.93. The van der Waals surface area contributed by atoms with Gasteiger partial charge < -0.3 is 19.9 Å². The summed E-state index contributed by atoms with van der Waals surface area (Å²) in [4.78, 5) is 12.5. The number of amides is 1. The Morgan fingerprint density at radius 3 is 2.74 bits per heavy atom. The van der Waals surface area contributed by atoms with E-state index in [1.165, 1.54) is 7.11 Å². The SMILES string of the molecule is COC(O)C1(NC(=O)Cc2c(Cl)ccc(Br)c2Cl)CCOCC1. The normalized spacial score (nSPS) is 18.5. The maximum Gasteiger partial charge on any atom is 0.225 e. The first-order valence-electron chi connectivity index (χ1n) is 7.11. The van der Waals surface area contributed by atoms with Gasteiger partial charge in [0.15, 0.2) is 6.29 Å². The molecule has 1 fully saturated rings. The average molecular weight is 427 g/mol. The van der Waals surface area contributed by atoms with Gasteiger partial charge in [-0.15, -0.1) is 0 Å². The van der Waals surface area contributed by atoms with Gasteiger partial charge in [0.25, 0.3) is 0 Å². The number of carbonyl (C=O) groups excluding carboxylic acids is 1. The molecule has 1 aliphatic rings. The zero-order valence-electron chi connectivity index (χ0n) is 12.6. The summed E-state index contributed by atoms with van der Waals surface area (Å²) in [7, 11) is 1.40. The summed E-state index contributed by atoms with van der Waals surface area (Å²) >= 11 is 15.7. The first-order valence-corrected chi connectivity index (χ1v) is 8.66. The van der Waals surface area contributed by atoms with Gasteiger partial charge in [-0.2, -0.15) is 0 Å². The van der Waals surface area contributed by atoms with E-state index in [1.54, 1.807) is 12.1 Å². The molecule has 0 bridgehead atoms. The van der Waals surface area contributed by atoms with Crippen molar-refractivity contribution in [1.82, 2.24) is 5.32 Å². The average Bonchev–Trinajstić information content (AvgIpc) is 2.55. The van der Waals surface area contributed by atoms with Crippen molar-refractivity contribution in [3.8, 4) is 0 Å². The minimum Gasteiger partial charge on any atom is -0.381 e. The molecule has 8 heteroatoms. The highest BCUT2D eigenvalue weighted by atomic mass is 79.9. The van der Waals surface area contributed by atoms with Crippen LogP contribution in [0.3, 0.4) is 0 Å². The Balaban J connectivity index is 2.16. The van der Waals surface area contributed by atoms with Crippen molar-refractivity contribution in [2.24, 2.45) is 0 Å². The molecule has 0 spiro atoms. The molecule has 128 valence electrons. The van der Waals surface area contributed by atoms with Crippen molar-refractivity contribution in [2.75, 3.05) is 20.3 Å². The molecule has 0 saturated carbocycles. The topological polar surface area (TPSA) is 67.8 Å². The van der Waals surface area contributed by atoms with Crippen LogP contribution in [0.4, 0.5) is 0 Å². The van der Waals surface area contributed by atoms with Crippen LogP contribution in [0.2, 0.25) is 10.0 Å². The molecule has 1 amide bonds. The van der Waals surface area contributed by atoms with E-state index in [0.717, 1.165) is 0 Å². The highest BCUT2D eigenvalue weighted by Gasteiger charge is 2.41. The molecule has 5 nitrogen and oxygen atoms in total. The van der Waals surface area contributed by atoms with E-state index in [-0.39, 0.29) is 12.3 Å². The van der Waals surface area contributed by atoms with Gasteiger partial charge in [-0.25, -0.2) is 0 Å². The Morgan fingerprint density at radius 1 is 1.48 bits per heavy atom. The molecule has 1 aromatic carbocycles. The minimum atomic E-state index is -1.11. The Kier molecular flexibility index (Phi) is 6.71. The quantitative estimate of drug-likeness (QED) is 0.561. The van der Waals surface area contributed by atoms with Crippen LogP contribution >= 0.6 is 39.1 Å². The summed E-state index contributed by atoms with van der Waals surface area (Å²) in [6.07, 6.45) is -0.166. The van der Waals surface area contributed by atoms with Crippen LogP contribution in [-0.4, -0.2) is 43.2 Å². The Bertz CT molecular complexity index is 579. The van der Waals surface area contributed by atoms with E-state index in [9.17, 15) is 9.90 Å². The number of benzene rings is 1. The smallest absolute Gasteiger partial charge is 0.225 e. The molecule has 1 heterocycles. The van der Waals surface area contributed by atoms with Crippen LogP contribution in [0.5, 0.6) is 0 Å². The Morgan fingerprint density at radius 2 is 2.13 bits per heavy atom. The lowest BCUT2D eigenvalue weighted by atomic mass is 9.88. The van der Waals surface area contributed by atoms with Crippen molar-refractivity contribution < 1.29 is 19.4 Å². The number of ether oxygens (including phenoxy) is 2. The van der Waals surface area contributed by atoms with Gasteiger partial charge in [0.1, 0.15) is 0 Å². The highest BCUT2D eigenvalue weighted by molar-refractivity contribution is 9.10. The van der Waals surface area contributed by atoms with Gasteiger partial charge in [-0.1, -0.05) is 23.2 Å². The number of aliphatic hydroxyl groups excluding tert-OH is 1. The summed E-state index contributed by atoms with van der Waals surface area (Å²) in [6, 6.07) is 3.40. The lowest BCUT2D eigenvalue weighted by Crippen LogP contribution is -2.60. The van der Waals surface area contributed by atoms with Gasteiger partial charge >= 0.3 is 0 Å². The van der Waals surface area contributed by atoms with Crippen molar-refractivity contribution in [3.05, 3.63) is 32.2 Å². The van der Waals surface area contributed by atoms with E-state index < -0.39 is 11.8 Å². The molecule has 1 saturated heterocycles. The summed E-state index contributed by atoms with van der Waals surface area (Å²) in [6.45, 7) is 0.887. The van der Waals surface area contributed by atoms with Crippen molar-refractivity contribution >= 4 is 45.0 Å². The number of hydrogen-bond donors (Lipinski definition) is 2. The first kappa shape index (κ1) is 19.0. The molecule has 0 radical (unpaired) electrons. The molecular formula is C15H18BrCl2NO4. The van der Waals surface area contributed by atoms with Gasteiger partial charge in [0.2, 0.25) is 5.91 Å². The fourth-order valence-electron chi connectivity index (χ4n) is 2.61. The molecular weight excluding hydrogens is 409 g/mol. The minimum absolute atomic E-state index is 0.0101. The standard InChI is InChI=1S/C15H18BrCl2NO4/c1-22-14(21)15(4-6-23-7-5-15)19-12(20)8-9-11(17)3-2-10(16)13(9)18/h2-3,14,21H,4-8H2,1H3,(H,19,20). The van der Waals surface area contributed by atoms with Gasteiger partial charge in [0.05, 0.1) is 17.0 Å². The second-order valence-corrected chi connectivity index (χ2v) is 7.04. The summed E-state index contributed by atoms with van der Waals surface area (Å²) in [5, 5.41) is 13.9. The van der Waals surface area contributed by atoms with Crippen LogP contribution in [0.25, 0.3) is 0 Å². The van der Waals surface area contributed by atoms with E-state index in [0.29, 0.717) is 46.1 Å². The van der Waals surface area contributed by atoms with Crippen LogP contribution in [0.1, 0.15) is 18.4 Å². The number of nitrogens with one attached hydrogen (secondary N) is 1. The third-order valence-electron chi connectivity index (χ3n) is 3.95. The number of rotatable bonds is 5. The Hall–Kier alpha value is -0.370. The fraction of sp³-hybridized carbons (Fsp3) is 0.533. The summed E-state index contributed by atoms with van der Waals surface area (Å²) in [5.74, 6) is -0.287. The van der Waals surface area contributed by atoms with Crippen molar-refractivity contribution in [1.29, 1.82) is 0 Å². The van der Waals surface area contributed by atoms with Gasteiger partial charge in [-0.05, 0) is 46.5 Å². The van der Waals surface area contributed by atoms with E-state index in [2.05, 4.69) is 21.2 Å². The van der Waals surface area contributed by atoms with Crippen molar-refractivity contribution in [2.45, 2.75) is 31.1 Å². The third kappa shape index (κ3) is 4.38. The number of aliphatic hydroxyl groups is 1. The zero-order valence-corrected chi connectivity index (χ0v) is 15.7. The van der Waals surface area contributed by atoms with Gasteiger partial charge in [-0.3, -0.25) is 4.79 Å². The maximum absolute atomic E-state index is 12.5. The Labute approximate surface area is 153 Å². The highest BCUT2D eigenvalue weighted by Crippen LogP contribution is 2.32. The zero-order chi connectivity index (χ0) is 17.0. The monoisotopic (exact) mass is 425 g/mol. The summed E-state index contributed by atoms with van der Waals surface area (Å²) < 4.78 is 11.0. The molecule has 2 N–H and O–H groups in total. The van der Waals surface area contributed by atoms with Crippen LogP contribution in [0.15, 0.2) is 16.6 Å². The lowest BCUT2D eigenvalue weighted by molar-refractivity contribution is -0.164. The second kappa shape index (κ2) is 8.14. The van der Waals surface area contributed by atoms with E-state index in [1.807, 2.05) is 0 Å². The molecule has 23 heavy (non-hydrogen) atoms. The molecule has 1 unspecified atom stereocenters. The molecule has 1 aliphatic heterocycles. The summed E-state index contributed by atoms with van der Waals surface area (Å²) in [5.41, 5.74) is -0.330. The molecule has 1 atom stereocenters. The fourth-order valence-corrected chi connectivity index (χ4v) is 3.48. The number of halogens is 3. The lowest BCUT2D eigenvalue weighted by Gasteiger charge is -2.40. The molecule has 2 rings (SSSR count). The largest absolute Gasteiger partial charge is 0.381 e. The number of methoxy groups -OCH3 is 1. The van der Waals surface area contributed by atoms with E-state index in [4.69, 9.17) is 32.7 Å². The molecule has 1 aromatic rings. The van der Waals surface area contributed by atoms with E-state index >= 15 is 0 Å². The van der Waals surface area contributed by atoms with Gasteiger partial charge in [0, 0.05) is 29.8 Å². The molecule has 0 aliphatic carbocycles. The second-order valence-electron chi connectivity index (χ2n) is 5.40. The van der Waals surface area contributed by atoms with Crippen LogP contribution in [-0.2, 0) is 20.7 Å². The number of hydrogen-bond acceptors (Lipinski definition) is 4. The van der Waals surface area contributed by atoms with Crippen LogP contribution in [0, 0.1) is 0 Å². The van der Waals surface area contributed by atoms with Crippen molar-refractivity contribution in [3.63, 3.8) is 0 Å². The van der Waals surface area contributed by atoms with Crippen LogP contribution < -0.4 is 5.32 Å². The number of carbonyl (C=O) groups is 1. The predicted molar refractivity (Wildman–Crippen MR) is 91.8 cm³/mol.